The Bertz CT molecular complexity index is 138. The van der Waals surface area contributed by atoms with E-state index in [1.165, 1.54) is 44.9 Å². The van der Waals surface area contributed by atoms with Crippen molar-refractivity contribution in [3.63, 3.8) is 0 Å². The van der Waals surface area contributed by atoms with Crippen LogP contribution in [0.2, 0.25) is 0 Å². The Kier molecular flexibility index (Phi) is 8.20. The Hall–Kier alpha value is -0.520. The summed E-state index contributed by atoms with van der Waals surface area (Å²) in [6.07, 6.45) is 12.2. The molecule has 0 spiro atoms. The molecule has 0 heterocycles. The second kappa shape index (κ2) is 8.58. The monoisotopic (exact) mass is 166 g/mol. The molecule has 0 radical (unpaired) electrons. The van der Waals surface area contributed by atoms with Gasteiger partial charge >= 0.3 is 11.3 Å². The molecule has 68 valence electrons. The Morgan fingerprint density at radius 1 is 1.25 bits per heavy atom. The van der Waals surface area contributed by atoms with Crippen molar-refractivity contribution in [1.82, 2.24) is 0 Å². The SMILES string of the molecule is CCCCCCC=C1CC1.[C-]#[O+]. The van der Waals surface area contributed by atoms with Crippen LogP contribution >= 0.6 is 0 Å². The van der Waals surface area contributed by atoms with Gasteiger partial charge in [-0.15, -0.1) is 0 Å². The van der Waals surface area contributed by atoms with Crippen LogP contribution in [0.5, 0.6) is 0 Å². The van der Waals surface area contributed by atoms with Crippen molar-refractivity contribution in [1.29, 1.82) is 0 Å². The van der Waals surface area contributed by atoms with Crippen LogP contribution in [-0.4, -0.2) is 0 Å². The molecule has 1 nitrogen and oxygen atoms in total. The van der Waals surface area contributed by atoms with E-state index >= 15 is 0 Å². The van der Waals surface area contributed by atoms with Crippen molar-refractivity contribution < 1.29 is 4.65 Å². The van der Waals surface area contributed by atoms with Crippen molar-refractivity contribution in [2.75, 3.05) is 0 Å². The first-order valence-corrected chi connectivity index (χ1v) is 4.82. The third-order valence-electron chi connectivity index (χ3n) is 2.03. The van der Waals surface area contributed by atoms with E-state index < -0.39 is 0 Å². The fourth-order valence-electron chi connectivity index (χ4n) is 1.15. The average Bonchev–Trinajstić information content (AvgIpc) is 2.92. The third-order valence-corrected chi connectivity index (χ3v) is 2.03. The maximum absolute atomic E-state index is 7.50. The van der Waals surface area contributed by atoms with Gasteiger partial charge < -0.3 is 0 Å². The van der Waals surface area contributed by atoms with E-state index in [0.717, 1.165) is 0 Å². The first-order chi connectivity index (χ1) is 5.93. The van der Waals surface area contributed by atoms with Gasteiger partial charge in [0.1, 0.15) is 0 Å². The maximum atomic E-state index is 7.50. The molecule has 1 aliphatic carbocycles. The zero-order chi connectivity index (χ0) is 9.23. The molecule has 0 unspecified atom stereocenters. The van der Waals surface area contributed by atoms with E-state index in [1.807, 2.05) is 0 Å². The van der Waals surface area contributed by atoms with Crippen LogP contribution in [0.25, 0.3) is 0 Å². The fraction of sp³-hybridized carbons (Fsp3) is 0.727. The van der Waals surface area contributed by atoms with Gasteiger partial charge in [-0.3, -0.25) is 0 Å². The Morgan fingerprint density at radius 3 is 2.42 bits per heavy atom. The molecular weight excluding hydrogens is 148 g/mol. The number of allylic oxidation sites excluding steroid dienone is 2. The number of hydrogen-bond acceptors (Lipinski definition) is 0. The molecule has 1 fully saturated rings. The molecule has 0 N–H and O–H groups in total. The number of rotatable bonds is 5. The van der Waals surface area contributed by atoms with Gasteiger partial charge in [0.15, 0.2) is 0 Å². The quantitative estimate of drug-likeness (QED) is 0.257. The molecule has 0 aromatic rings. The Labute approximate surface area is 75.6 Å². The Morgan fingerprint density at radius 2 is 1.92 bits per heavy atom. The zero-order valence-corrected chi connectivity index (χ0v) is 7.94. The third kappa shape index (κ3) is 7.59. The zero-order valence-electron chi connectivity index (χ0n) is 7.94. The summed E-state index contributed by atoms with van der Waals surface area (Å²) in [5, 5.41) is 0. The first-order valence-electron chi connectivity index (χ1n) is 4.82. The summed E-state index contributed by atoms with van der Waals surface area (Å²) < 4.78 is 7.50. The molecule has 0 bridgehead atoms. The predicted octanol–water partition coefficient (Wildman–Crippen LogP) is 3.64. The fourth-order valence-corrected chi connectivity index (χ4v) is 1.15. The van der Waals surface area contributed by atoms with Crippen molar-refractivity contribution in [2.45, 2.75) is 51.9 Å². The van der Waals surface area contributed by atoms with Crippen LogP contribution < -0.4 is 0 Å². The summed E-state index contributed by atoms with van der Waals surface area (Å²) in [6, 6.07) is 0. The summed E-state index contributed by atoms with van der Waals surface area (Å²) in [5.74, 6) is 0. The normalized spacial score (nSPS) is 13.1. The van der Waals surface area contributed by atoms with Gasteiger partial charge in [0.05, 0.1) is 0 Å². The van der Waals surface area contributed by atoms with Crippen molar-refractivity contribution in [3.8, 4) is 0 Å². The van der Waals surface area contributed by atoms with E-state index in [4.69, 9.17) is 4.65 Å². The van der Waals surface area contributed by atoms with Crippen molar-refractivity contribution >= 4 is 0 Å². The molecule has 0 aromatic carbocycles. The summed E-state index contributed by atoms with van der Waals surface area (Å²) in [7, 11) is 0. The Balaban J connectivity index is 0.000000561. The second-order valence-electron chi connectivity index (χ2n) is 3.21. The molecule has 0 saturated heterocycles. The standard InChI is InChI=1S/C10H18.CO/c1-2-3-4-5-6-7-10-8-9-10;1-2/h7H,2-6,8-9H2,1H3;. The second-order valence-corrected chi connectivity index (χ2v) is 3.21. The van der Waals surface area contributed by atoms with Gasteiger partial charge in [-0.05, 0) is 25.7 Å². The van der Waals surface area contributed by atoms with Gasteiger partial charge in [0.2, 0.25) is 0 Å². The summed E-state index contributed by atoms with van der Waals surface area (Å²) >= 11 is 0. The molecular formula is C11H18O. The van der Waals surface area contributed by atoms with Gasteiger partial charge in [-0.25, -0.2) is 0 Å². The molecule has 0 amide bonds. The predicted molar refractivity (Wildman–Crippen MR) is 50.0 cm³/mol. The summed E-state index contributed by atoms with van der Waals surface area (Å²) in [6.45, 7) is 6.76. The molecule has 1 rings (SSSR count). The van der Waals surface area contributed by atoms with Crippen LogP contribution in [-0.2, 0) is 4.65 Å². The number of unbranched alkanes of at least 4 members (excludes halogenated alkanes) is 4. The van der Waals surface area contributed by atoms with E-state index in [-0.39, 0.29) is 0 Å². The van der Waals surface area contributed by atoms with Crippen molar-refractivity contribution in [3.05, 3.63) is 18.3 Å². The number of hydrogen-bond donors (Lipinski definition) is 0. The molecule has 1 aliphatic rings. The van der Waals surface area contributed by atoms with E-state index in [9.17, 15) is 0 Å². The topological polar surface area (TPSA) is 19.9 Å². The minimum absolute atomic E-state index is 1.34. The molecule has 12 heavy (non-hydrogen) atoms. The van der Waals surface area contributed by atoms with Gasteiger partial charge in [0, 0.05) is 0 Å². The van der Waals surface area contributed by atoms with Crippen molar-refractivity contribution in [2.24, 2.45) is 0 Å². The molecule has 0 aliphatic heterocycles. The van der Waals surface area contributed by atoms with Gasteiger partial charge in [0.25, 0.3) is 0 Å². The molecule has 1 saturated carbocycles. The van der Waals surface area contributed by atoms with E-state index in [2.05, 4.69) is 19.7 Å². The van der Waals surface area contributed by atoms with E-state index in [0.29, 0.717) is 0 Å². The summed E-state index contributed by atoms with van der Waals surface area (Å²) in [4.78, 5) is 0. The average molecular weight is 166 g/mol. The van der Waals surface area contributed by atoms with Gasteiger partial charge in [-0.1, -0.05) is 37.8 Å². The molecule has 1 heteroatoms. The molecule has 0 aromatic heterocycles. The van der Waals surface area contributed by atoms with Crippen LogP contribution in [0.3, 0.4) is 0 Å². The van der Waals surface area contributed by atoms with Crippen LogP contribution in [0, 0.1) is 6.65 Å². The van der Waals surface area contributed by atoms with Gasteiger partial charge in [-0.2, -0.15) is 0 Å². The van der Waals surface area contributed by atoms with Crippen LogP contribution in [0.15, 0.2) is 11.6 Å². The summed E-state index contributed by atoms with van der Waals surface area (Å²) in [5.41, 5.74) is 1.71. The first kappa shape index (κ1) is 11.5. The van der Waals surface area contributed by atoms with Crippen LogP contribution in [0.4, 0.5) is 0 Å². The molecule has 0 atom stereocenters. The van der Waals surface area contributed by atoms with E-state index in [1.54, 1.807) is 5.57 Å². The minimum atomic E-state index is 1.34. The van der Waals surface area contributed by atoms with Crippen LogP contribution in [0.1, 0.15) is 51.9 Å².